The van der Waals surface area contributed by atoms with Crippen LogP contribution in [-0.4, -0.2) is 39.6 Å². The maximum Gasteiger partial charge on any atom is 0.152 e. The predicted octanol–water partition coefficient (Wildman–Crippen LogP) is 3.06. The number of hydrogen-bond donors (Lipinski definition) is 2. The first-order valence-corrected chi connectivity index (χ1v) is 10.9. The van der Waals surface area contributed by atoms with Gasteiger partial charge in [0.15, 0.2) is 5.82 Å². The van der Waals surface area contributed by atoms with Crippen LogP contribution in [0.15, 0.2) is 43.0 Å². The fourth-order valence-corrected chi connectivity index (χ4v) is 4.12. The fourth-order valence-electron chi connectivity index (χ4n) is 4.12. The van der Waals surface area contributed by atoms with E-state index in [2.05, 4.69) is 60.1 Å². The van der Waals surface area contributed by atoms with E-state index in [1.54, 1.807) is 0 Å². The van der Waals surface area contributed by atoms with Crippen LogP contribution < -0.4 is 21.3 Å². The van der Waals surface area contributed by atoms with E-state index in [0.717, 1.165) is 51.1 Å². The normalized spacial score (nSPS) is 15.2. The summed E-state index contributed by atoms with van der Waals surface area (Å²) in [6.45, 7) is 2.88. The minimum atomic E-state index is 0.271. The van der Waals surface area contributed by atoms with Crippen LogP contribution in [0, 0.1) is 11.3 Å². The van der Waals surface area contributed by atoms with Crippen LogP contribution in [0.4, 0.5) is 29.0 Å². The highest BCUT2D eigenvalue weighted by atomic mass is 15.2. The number of nitrogens with zero attached hydrogens (tertiary/aromatic N) is 7. The largest absolute Gasteiger partial charge is 0.384 e. The number of nitrogen functional groups attached to an aromatic ring is 2. The van der Waals surface area contributed by atoms with Crippen LogP contribution in [0.5, 0.6) is 0 Å². The molecule has 164 valence electrons. The summed E-state index contributed by atoms with van der Waals surface area (Å²) in [5.41, 5.74) is 14.4. The van der Waals surface area contributed by atoms with E-state index in [1.165, 1.54) is 30.3 Å². The maximum absolute atomic E-state index is 8.99. The van der Waals surface area contributed by atoms with E-state index in [9.17, 15) is 0 Å². The standard InChI is InChI=1S/C13H14N4.C10H13N5/c14-12-8-13(16-9-15-12)17-7-3-5-10-4-1-2-6-11(10)17;11-6-8-9(12)13-7-14-10(8)15-4-2-1-3-5-15/h1-2,4,6,8-9H,3,5,7H2,(H2,14,15,16);7H,1-5H2,(H2,12,13,14). The first kappa shape index (κ1) is 21.3. The number of aryl methyl sites for hydroxylation is 1. The number of anilines is 5. The number of aromatic nitrogens is 4. The molecule has 0 atom stereocenters. The summed E-state index contributed by atoms with van der Waals surface area (Å²) in [5, 5.41) is 8.99. The summed E-state index contributed by atoms with van der Waals surface area (Å²) in [7, 11) is 0. The summed E-state index contributed by atoms with van der Waals surface area (Å²) in [4.78, 5) is 20.5. The summed E-state index contributed by atoms with van der Waals surface area (Å²) in [5.74, 6) is 2.35. The fraction of sp³-hybridized carbons (Fsp3) is 0.348. The van der Waals surface area contributed by atoms with Crippen molar-refractivity contribution in [2.24, 2.45) is 0 Å². The van der Waals surface area contributed by atoms with Gasteiger partial charge in [0, 0.05) is 31.4 Å². The first-order chi connectivity index (χ1) is 15.7. The van der Waals surface area contributed by atoms with Crippen LogP contribution in [-0.2, 0) is 6.42 Å². The highest BCUT2D eigenvalue weighted by molar-refractivity contribution is 5.66. The average Bonchev–Trinajstić information content (AvgIpc) is 2.84. The van der Waals surface area contributed by atoms with E-state index in [-0.39, 0.29) is 5.82 Å². The second kappa shape index (κ2) is 9.92. The summed E-state index contributed by atoms with van der Waals surface area (Å²) in [6.07, 6.45) is 8.75. The van der Waals surface area contributed by atoms with Gasteiger partial charge in [-0.25, -0.2) is 19.9 Å². The Morgan fingerprint density at radius 3 is 2.44 bits per heavy atom. The van der Waals surface area contributed by atoms with Gasteiger partial charge < -0.3 is 21.3 Å². The third-order valence-corrected chi connectivity index (χ3v) is 5.68. The second-order valence-electron chi connectivity index (χ2n) is 7.80. The number of hydrogen-bond acceptors (Lipinski definition) is 9. The Labute approximate surface area is 187 Å². The first-order valence-electron chi connectivity index (χ1n) is 10.9. The monoisotopic (exact) mass is 429 g/mol. The Morgan fingerprint density at radius 2 is 1.66 bits per heavy atom. The van der Waals surface area contributed by atoms with E-state index in [0.29, 0.717) is 17.2 Å². The number of para-hydroxylation sites is 1. The molecule has 2 aliphatic rings. The Bertz CT molecular complexity index is 1100. The zero-order chi connectivity index (χ0) is 22.3. The van der Waals surface area contributed by atoms with Crippen molar-refractivity contribution in [1.29, 1.82) is 5.26 Å². The molecule has 1 fully saturated rings. The van der Waals surface area contributed by atoms with Gasteiger partial charge in [0.1, 0.15) is 41.7 Å². The molecule has 3 aromatic rings. The molecule has 0 radical (unpaired) electrons. The van der Waals surface area contributed by atoms with Gasteiger partial charge in [0.25, 0.3) is 0 Å². The Balaban J connectivity index is 0.000000155. The van der Waals surface area contributed by atoms with Crippen molar-refractivity contribution in [2.75, 3.05) is 40.9 Å². The molecule has 9 heteroatoms. The molecule has 0 aliphatic carbocycles. The van der Waals surface area contributed by atoms with Crippen LogP contribution in [0.3, 0.4) is 0 Å². The molecular formula is C23H27N9. The third-order valence-electron chi connectivity index (χ3n) is 5.68. The molecule has 5 rings (SSSR count). The lowest BCUT2D eigenvalue weighted by Gasteiger charge is -2.30. The molecule has 4 N–H and O–H groups in total. The van der Waals surface area contributed by atoms with Crippen LogP contribution >= 0.6 is 0 Å². The van der Waals surface area contributed by atoms with Gasteiger partial charge in [-0.2, -0.15) is 5.26 Å². The number of piperidine rings is 1. The van der Waals surface area contributed by atoms with Crippen LogP contribution in [0.1, 0.15) is 36.8 Å². The van der Waals surface area contributed by atoms with Gasteiger partial charge in [-0.05, 0) is 43.7 Å². The van der Waals surface area contributed by atoms with Gasteiger partial charge >= 0.3 is 0 Å². The molecule has 0 amide bonds. The van der Waals surface area contributed by atoms with E-state index < -0.39 is 0 Å². The minimum absolute atomic E-state index is 0.271. The molecule has 2 aromatic heterocycles. The Morgan fingerprint density at radius 1 is 0.875 bits per heavy atom. The number of nitrogens with two attached hydrogens (primary N) is 2. The molecule has 1 saturated heterocycles. The molecule has 4 heterocycles. The van der Waals surface area contributed by atoms with Crippen molar-refractivity contribution >= 4 is 29.0 Å². The Hall–Kier alpha value is -3.93. The van der Waals surface area contributed by atoms with E-state index in [1.807, 2.05) is 6.07 Å². The molecule has 0 unspecified atom stereocenters. The summed E-state index contributed by atoms with van der Waals surface area (Å²) < 4.78 is 0. The Kier molecular flexibility index (Phi) is 6.60. The summed E-state index contributed by atoms with van der Waals surface area (Å²) >= 11 is 0. The highest BCUT2D eigenvalue weighted by Crippen LogP contribution is 2.32. The van der Waals surface area contributed by atoms with Crippen molar-refractivity contribution in [1.82, 2.24) is 19.9 Å². The van der Waals surface area contributed by atoms with Gasteiger partial charge in [-0.1, -0.05) is 18.2 Å². The zero-order valence-electron chi connectivity index (χ0n) is 18.0. The van der Waals surface area contributed by atoms with Crippen molar-refractivity contribution < 1.29 is 0 Å². The minimum Gasteiger partial charge on any atom is -0.384 e. The zero-order valence-corrected chi connectivity index (χ0v) is 18.0. The molecule has 9 nitrogen and oxygen atoms in total. The van der Waals surface area contributed by atoms with Gasteiger partial charge in [-0.15, -0.1) is 0 Å². The lowest BCUT2D eigenvalue weighted by Crippen LogP contribution is -2.31. The number of fused-ring (bicyclic) bond motifs is 1. The lowest BCUT2D eigenvalue weighted by molar-refractivity contribution is 0.572. The topological polar surface area (TPSA) is 134 Å². The van der Waals surface area contributed by atoms with Crippen LogP contribution in [0.2, 0.25) is 0 Å². The molecular weight excluding hydrogens is 402 g/mol. The average molecular weight is 430 g/mol. The van der Waals surface area contributed by atoms with Gasteiger partial charge in [-0.3, -0.25) is 0 Å². The lowest BCUT2D eigenvalue weighted by atomic mass is 10.0. The summed E-state index contributed by atoms with van der Waals surface area (Å²) in [6, 6.07) is 12.3. The van der Waals surface area contributed by atoms with E-state index >= 15 is 0 Å². The predicted molar refractivity (Wildman–Crippen MR) is 125 cm³/mol. The third kappa shape index (κ3) is 4.70. The van der Waals surface area contributed by atoms with Crippen molar-refractivity contribution in [3.8, 4) is 6.07 Å². The molecule has 1 aromatic carbocycles. The molecule has 0 spiro atoms. The van der Waals surface area contributed by atoms with Gasteiger partial charge in [0.05, 0.1) is 0 Å². The van der Waals surface area contributed by atoms with Crippen molar-refractivity contribution in [2.45, 2.75) is 32.1 Å². The van der Waals surface area contributed by atoms with Gasteiger partial charge in [0.2, 0.25) is 0 Å². The SMILES string of the molecule is N#Cc1c(N)ncnc1N1CCCCC1.Nc1cc(N2CCCc3ccccc32)ncn1. The number of rotatable bonds is 2. The number of benzene rings is 1. The highest BCUT2D eigenvalue weighted by Gasteiger charge is 2.19. The number of nitriles is 1. The molecule has 32 heavy (non-hydrogen) atoms. The smallest absolute Gasteiger partial charge is 0.152 e. The molecule has 0 bridgehead atoms. The van der Waals surface area contributed by atoms with E-state index in [4.69, 9.17) is 16.7 Å². The van der Waals surface area contributed by atoms with Crippen molar-refractivity contribution in [3.05, 3.63) is 54.1 Å². The quantitative estimate of drug-likeness (QED) is 0.630. The van der Waals surface area contributed by atoms with Crippen LogP contribution in [0.25, 0.3) is 0 Å². The second-order valence-corrected chi connectivity index (χ2v) is 7.80. The maximum atomic E-state index is 8.99. The van der Waals surface area contributed by atoms with Crippen molar-refractivity contribution in [3.63, 3.8) is 0 Å². The molecule has 2 aliphatic heterocycles. The molecule has 0 saturated carbocycles.